The van der Waals surface area contributed by atoms with Gasteiger partial charge in [-0.25, -0.2) is 9.37 Å². The molecule has 0 aliphatic rings. The Balaban J connectivity index is 1.67. The fraction of sp³-hybridized carbons (Fsp3) is 0.211. The third-order valence-electron chi connectivity index (χ3n) is 4.09. The van der Waals surface area contributed by atoms with E-state index in [9.17, 15) is 14.0 Å². The zero-order chi connectivity index (χ0) is 17.8. The molecule has 0 spiro atoms. The van der Waals surface area contributed by atoms with Crippen LogP contribution in [0, 0.1) is 5.82 Å². The fourth-order valence-corrected chi connectivity index (χ4v) is 2.64. The van der Waals surface area contributed by atoms with E-state index in [1.807, 2.05) is 6.07 Å². The van der Waals surface area contributed by atoms with Gasteiger partial charge in [0, 0.05) is 32.1 Å². The average Bonchev–Trinajstić information content (AvgIpc) is 2.63. The summed E-state index contributed by atoms with van der Waals surface area (Å²) in [5.41, 5.74) is 0.921. The van der Waals surface area contributed by atoms with Crippen molar-refractivity contribution in [3.05, 3.63) is 76.6 Å². The van der Waals surface area contributed by atoms with Crippen LogP contribution in [-0.2, 0) is 17.9 Å². The minimum absolute atomic E-state index is 0.144. The molecule has 2 aromatic carbocycles. The van der Waals surface area contributed by atoms with Crippen LogP contribution in [0.15, 0.2) is 59.7 Å². The van der Waals surface area contributed by atoms with Crippen molar-refractivity contribution in [2.45, 2.75) is 19.5 Å². The monoisotopic (exact) mass is 339 g/mol. The molecule has 1 heterocycles. The Morgan fingerprint density at radius 3 is 2.68 bits per heavy atom. The van der Waals surface area contributed by atoms with Gasteiger partial charge >= 0.3 is 0 Å². The molecule has 1 aromatic heterocycles. The van der Waals surface area contributed by atoms with Gasteiger partial charge in [-0.3, -0.25) is 14.2 Å². The van der Waals surface area contributed by atoms with Crippen LogP contribution in [-0.4, -0.2) is 27.4 Å². The minimum Gasteiger partial charge on any atom is -0.341 e. The molecule has 3 aromatic rings. The third kappa shape index (κ3) is 3.74. The van der Waals surface area contributed by atoms with Gasteiger partial charge in [0.1, 0.15) is 5.82 Å². The lowest BCUT2D eigenvalue weighted by atomic mass is 10.2. The van der Waals surface area contributed by atoms with E-state index in [0.717, 1.165) is 0 Å². The summed E-state index contributed by atoms with van der Waals surface area (Å²) in [4.78, 5) is 30.4. The maximum atomic E-state index is 13.7. The van der Waals surface area contributed by atoms with Crippen LogP contribution in [0.5, 0.6) is 0 Å². The molecule has 0 radical (unpaired) electrons. The number of aromatic nitrogens is 2. The first-order chi connectivity index (χ1) is 12.1. The number of para-hydroxylation sites is 1. The Morgan fingerprint density at radius 2 is 1.88 bits per heavy atom. The van der Waals surface area contributed by atoms with Crippen LogP contribution in [0.2, 0.25) is 0 Å². The number of nitrogens with zero attached hydrogens (tertiary/aromatic N) is 3. The van der Waals surface area contributed by atoms with E-state index in [1.54, 1.807) is 43.4 Å². The Morgan fingerprint density at radius 1 is 1.16 bits per heavy atom. The topological polar surface area (TPSA) is 55.2 Å². The Bertz CT molecular complexity index is 968. The highest BCUT2D eigenvalue weighted by Gasteiger charge is 2.12. The lowest BCUT2D eigenvalue weighted by Gasteiger charge is -2.18. The van der Waals surface area contributed by atoms with Crippen molar-refractivity contribution in [2.75, 3.05) is 7.05 Å². The number of aryl methyl sites for hydroxylation is 1. The fourth-order valence-electron chi connectivity index (χ4n) is 2.64. The lowest BCUT2D eigenvalue weighted by Crippen LogP contribution is -2.29. The summed E-state index contributed by atoms with van der Waals surface area (Å²) in [6.45, 7) is 0.424. The summed E-state index contributed by atoms with van der Waals surface area (Å²) < 4.78 is 15.1. The van der Waals surface area contributed by atoms with Crippen LogP contribution in [0.4, 0.5) is 4.39 Å². The van der Waals surface area contributed by atoms with Crippen molar-refractivity contribution in [1.29, 1.82) is 0 Å². The first kappa shape index (κ1) is 16.8. The number of carbonyl (C=O) groups is 1. The zero-order valence-electron chi connectivity index (χ0n) is 13.9. The van der Waals surface area contributed by atoms with Crippen molar-refractivity contribution >= 4 is 16.8 Å². The van der Waals surface area contributed by atoms with Gasteiger partial charge < -0.3 is 4.90 Å². The van der Waals surface area contributed by atoms with E-state index in [-0.39, 0.29) is 36.8 Å². The first-order valence-electron chi connectivity index (χ1n) is 7.98. The van der Waals surface area contributed by atoms with Crippen LogP contribution in [0.1, 0.15) is 12.0 Å². The Labute approximate surface area is 144 Å². The van der Waals surface area contributed by atoms with E-state index < -0.39 is 0 Å². The second-order valence-corrected chi connectivity index (χ2v) is 5.85. The van der Waals surface area contributed by atoms with Crippen molar-refractivity contribution in [3.63, 3.8) is 0 Å². The largest absolute Gasteiger partial charge is 0.341 e. The molecule has 0 saturated heterocycles. The molecule has 6 heteroatoms. The Kier molecular flexibility index (Phi) is 4.88. The van der Waals surface area contributed by atoms with Crippen molar-refractivity contribution in [3.8, 4) is 0 Å². The standard InChI is InChI=1S/C19H18FN3O2/c1-22(12-14-6-2-4-8-16(14)20)18(24)10-11-23-13-21-17-9-5-3-7-15(17)19(23)25/h2-9,13H,10-12H2,1H3. The molecular weight excluding hydrogens is 321 g/mol. The number of benzene rings is 2. The smallest absolute Gasteiger partial charge is 0.261 e. The van der Waals surface area contributed by atoms with E-state index in [0.29, 0.717) is 16.5 Å². The summed E-state index contributed by atoms with van der Waals surface area (Å²) in [5, 5.41) is 0.525. The Hall–Kier alpha value is -3.02. The van der Waals surface area contributed by atoms with Crippen LogP contribution in [0.25, 0.3) is 10.9 Å². The maximum absolute atomic E-state index is 13.7. The predicted molar refractivity (Wildman–Crippen MR) is 93.5 cm³/mol. The van der Waals surface area contributed by atoms with E-state index in [4.69, 9.17) is 0 Å². The lowest BCUT2D eigenvalue weighted by molar-refractivity contribution is -0.130. The number of rotatable bonds is 5. The average molecular weight is 339 g/mol. The van der Waals surface area contributed by atoms with Crippen molar-refractivity contribution in [2.24, 2.45) is 0 Å². The second-order valence-electron chi connectivity index (χ2n) is 5.85. The van der Waals surface area contributed by atoms with E-state index in [1.165, 1.54) is 21.9 Å². The SMILES string of the molecule is CN(Cc1ccccc1F)C(=O)CCn1cnc2ccccc2c1=O. The summed E-state index contributed by atoms with van der Waals surface area (Å²) in [6.07, 6.45) is 1.60. The molecule has 0 N–H and O–H groups in total. The summed E-state index contributed by atoms with van der Waals surface area (Å²) in [6, 6.07) is 13.5. The van der Waals surface area contributed by atoms with Gasteiger partial charge in [0.25, 0.3) is 5.56 Å². The van der Waals surface area contributed by atoms with Gasteiger partial charge in [0.2, 0.25) is 5.91 Å². The minimum atomic E-state index is -0.336. The van der Waals surface area contributed by atoms with Gasteiger partial charge in [0.15, 0.2) is 0 Å². The molecule has 0 fully saturated rings. The quantitative estimate of drug-likeness (QED) is 0.718. The van der Waals surface area contributed by atoms with Gasteiger partial charge in [-0.1, -0.05) is 30.3 Å². The number of fused-ring (bicyclic) bond motifs is 1. The van der Waals surface area contributed by atoms with Crippen LogP contribution < -0.4 is 5.56 Å². The van der Waals surface area contributed by atoms with Crippen LogP contribution >= 0.6 is 0 Å². The van der Waals surface area contributed by atoms with E-state index in [2.05, 4.69) is 4.98 Å². The highest BCUT2D eigenvalue weighted by molar-refractivity contribution is 5.77. The van der Waals surface area contributed by atoms with Crippen molar-refractivity contribution < 1.29 is 9.18 Å². The van der Waals surface area contributed by atoms with Crippen LogP contribution in [0.3, 0.4) is 0 Å². The molecule has 0 atom stereocenters. The molecule has 0 unspecified atom stereocenters. The molecule has 3 rings (SSSR count). The second kappa shape index (κ2) is 7.25. The summed E-state index contributed by atoms with van der Waals surface area (Å²) in [5.74, 6) is -0.500. The molecule has 1 amide bonds. The normalized spacial score (nSPS) is 10.8. The van der Waals surface area contributed by atoms with Crippen molar-refractivity contribution in [1.82, 2.24) is 14.5 Å². The highest BCUT2D eigenvalue weighted by Crippen LogP contribution is 2.10. The van der Waals surface area contributed by atoms with Gasteiger partial charge in [-0.15, -0.1) is 0 Å². The van der Waals surface area contributed by atoms with Gasteiger partial charge in [0.05, 0.1) is 17.2 Å². The number of hydrogen-bond donors (Lipinski definition) is 0. The number of carbonyl (C=O) groups excluding carboxylic acids is 1. The number of hydrogen-bond acceptors (Lipinski definition) is 3. The third-order valence-corrected chi connectivity index (χ3v) is 4.09. The number of halogens is 1. The van der Waals surface area contributed by atoms with Gasteiger partial charge in [-0.05, 0) is 18.2 Å². The molecule has 0 aliphatic carbocycles. The summed E-state index contributed by atoms with van der Waals surface area (Å²) in [7, 11) is 1.62. The first-order valence-corrected chi connectivity index (χ1v) is 7.98. The van der Waals surface area contributed by atoms with Gasteiger partial charge in [-0.2, -0.15) is 0 Å². The molecule has 25 heavy (non-hydrogen) atoms. The maximum Gasteiger partial charge on any atom is 0.261 e. The summed E-state index contributed by atoms with van der Waals surface area (Å²) >= 11 is 0. The molecule has 128 valence electrons. The molecular formula is C19H18FN3O2. The molecule has 0 aliphatic heterocycles. The molecule has 5 nitrogen and oxygen atoms in total. The zero-order valence-corrected chi connectivity index (χ0v) is 13.9. The molecule has 0 bridgehead atoms. The molecule has 0 saturated carbocycles. The predicted octanol–water partition coefficient (Wildman–Crippen LogP) is 2.58. The highest BCUT2D eigenvalue weighted by atomic mass is 19.1. The van der Waals surface area contributed by atoms with E-state index >= 15 is 0 Å². The number of amides is 1.